The molecule has 1 amide bonds. The minimum atomic E-state index is -0.0491. The Bertz CT molecular complexity index is 241. The lowest BCUT2D eigenvalue weighted by Gasteiger charge is -2.28. The number of ether oxygens (including phenoxy) is 1. The van der Waals surface area contributed by atoms with E-state index in [2.05, 4.69) is 10.7 Å². The van der Waals surface area contributed by atoms with Crippen LogP contribution in [0, 0.1) is 5.92 Å². The van der Waals surface area contributed by atoms with E-state index in [1.807, 2.05) is 12.1 Å². The summed E-state index contributed by atoms with van der Waals surface area (Å²) in [5, 5.41) is 5.17. The van der Waals surface area contributed by atoms with Crippen LogP contribution in [0.2, 0.25) is 0 Å². The number of carbonyl (C=O) groups excluding carboxylic acids is 1. The van der Waals surface area contributed by atoms with E-state index in [1.165, 1.54) is 19.3 Å². The Balaban J connectivity index is 1.82. The molecule has 2 heterocycles. The van der Waals surface area contributed by atoms with Crippen molar-refractivity contribution in [1.82, 2.24) is 15.8 Å². The number of likely N-dealkylation sites (N-methyl/N-ethyl adjacent to an activating group) is 1. The number of hydrogen-bond acceptors (Lipinski definition) is 4. The first-order chi connectivity index (χ1) is 7.81. The smallest absolute Gasteiger partial charge is 0.241 e. The largest absolute Gasteiger partial charge is 0.379 e. The van der Waals surface area contributed by atoms with Crippen LogP contribution < -0.4 is 10.7 Å². The molecule has 2 N–H and O–H groups in total. The molecule has 0 bridgehead atoms. The van der Waals surface area contributed by atoms with Gasteiger partial charge in [-0.15, -0.1) is 0 Å². The van der Waals surface area contributed by atoms with E-state index in [0.717, 1.165) is 13.1 Å². The number of piperidine rings is 1. The van der Waals surface area contributed by atoms with Crippen LogP contribution in [0.3, 0.4) is 0 Å². The molecule has 2 saturated heterocycles. The third kappa shape index (κ3) is 2.72. The summed E-state index contributed by atoms with van der Waals surface area (Å²) in [5.74, 6) is 0.0469. The second-order valence-electron chi connectivity index (χ2n) is 4.56. The van der Waals surface area contributed by atoms with E-state index >= 15 is 0 Å². The molecule has 2 rings (SSSR count). The normalized spacial score (nSPS) is 31.6. The average Bonchev–Trinajstić information content (AvgIpc) is 2.78. The topological polar surface area (TPSA) is 53.6 Å². The van der Waals surface area contributed by atoms with Gasteiger partial charge in [-0.25, -0.2) is 5.01 Å². The Morgan fingerprint density at radius 1 is 1.25 bits per heavy atom. The molecular formula is C11H21N3O2. The van der Waals surface area contributed by atoms with Crippen molar-refractivity contribution in [2.45, 2.75) is 25.3 Å². The second kappa shape index (κ2) is 5.61. The summed E-state index contributed by atoms with van der Waals surface area (Å²) in [6.07, 6.45) is 3.63. The van der Waals surface area contributed by atoms with Crippen LogP contribution in [0.5, 0.6) is 0 Å². The molecule has 2 unspecified atom stereocenters. The van der Waals surface area contributed by atoms with Gasteiger partial charge in [0.2, 0.25) is 5.91 Å². The minimum Gasteiger partial charge on any atom is -0.379 e. The van der Waals surface area contributed by atoms with E-state index < -0.39 is 0 Å². The Kier molecular flexibility index (Phi) is 4.15. The zero-order chi connectivity index (χ0) is 11.4. The van der Waals surface area contributed by atoms with E-state index in [4.69, 9.17) is 4.74 Å². The van der Waals surface area contributed by atoms with Crippen molar-refractivity contribution in [2.24, 2.45) is 5.92 Å². The highest BCUT2D eigenvalue weighted by Gasteiger charge is 2.33. The molecule has 2 aliphatic heterocycles. The van der Waals surface area contributed by atoms with Gasteiger partial charge in [-0.1, -0.05) is 6.42 Å². The van der Waals surface area contributed by atoms with Gasteiger partial charge < -0.3 is 10.1 Å². The summed E-state index contributed by atoms with van der Waals surface area (Å²) in [7, 11) is 1.88. The number of rotatable bonds is 3. The molecule has 92 valence electrons. The quantitative estimate of drug-likeness (QED) is 0.697. The van der Waals surface area contributed by atoms with E-state index in [9.17, 15) is 4.79 Å². The second-order valence-corrected chi connectivity index (χ2v) is 4.56. The summed E-state index contributed by atoms with van der Waals surface area (Å²) in [6, 6.07) is 0.157. The fourth-order valence-electron chi connectivity index (χ4n) is 2.34. The lowest BCUT2D eigenvalue weighted by molar-refractivity contribution is -0.130. The van der Waals surface area contributed by atoms with Crippen LogP contribution in [-0.2, 0) is 9.53 Å². The maximum atomic E-state index is 12.0. The minimum absolute atomic E-state index is 0.0491. The van der Waals surface area contributed by atoms with Crippen molar-refractivity contribution in [1.29, 1.82) is 0 Å². The van der Waals surface area contributed by atoms with Crippen molar-refractivity contribution in [3.8, 4) is 0 Å². The molecule has 0 saturated carbocycles. The van der Waals surface area contributed by atoms with Gasteiger partial charge in [0.25, 0.3) is 0 Å². The fraction of sp³-hybridized carbons (Fsp3) is 0.909. The van der Waals surface area contributed by atoms with E-state index in [0.29, 0.717) is 13.2 Å². The molecule has 2 atom stereocenters. The summed E-state index contributed by atoms with van der Waals surface area (Å²) in [4.78, 5) is 12.0. The van der Waals surface area contributed by atoms with Gasteiger partial charge in [0.05, 0.1) is 19.1 Å². The number of hydrogen-bond donors (Lipinski definition) is 2. The molecule has 0 aromatic rings. The van der Waals surface area contributed by atoms with Gasteiger partial charge in [0.1, 0.15) is 0 Å². The van der Waals surface area contributed by atoms with Gasteiger partial charge in [0.15, 0.2) is 0 Å². The van der Waals surface area contributed by atoms with Crippen molar-refractivity contribution in [2.75, 3.05) is 33.4 Å². The maximum Gasteiger partial charge on any atom is 0.241 e. The lowest BCUT2D eigenvalue weighted by Crippen LogP contribution is -2.50. The number of hydrazine groups is 1. The van der Waals surface area contributed by atoms with Gasteiger partial charge in [0, 0.05) is 19.1 Å². The molecule has 5 nitrogen and oxygen atoms in total. The van der Waals surface area contributed by atoms with Crippen LogP contribution in [-0.4, -0.2) is 50.3 Å². The molecule has 0 aromatic carbocycles. The van der Waals surface area contributed by atoms with Crippen molar-refractivity contribution in [3.63, 3.8) is 0 Å². The summed E-state index contributed by atoms with van der Waals surface area (Å²) in [6.45, 7) is 3.12. The Morgan fingerprint density at radius 2 is 2.00 bits per heavy atom. The number of amides is 1. The first-order valence-corrected chi connectivity index (χ1v) is 6.11. The Labute approximate surface area is 96.5 Å². The van der Waals surface area contributed by atoms with Crippen LogP contribution in [0.1, 0.15) is 19.3 Å². The molecule has 0 spiro atoms. The third-order valence-electron chi connectivity index (χ3n) is 3.41. The predicted molar refractivity (Wildman–Crippen MR) is 60.7 cm³/mol. The van der Waals surface area contributed by atoms with Crippen molar-refractivity contribution < 1.29 is 9.53 Å². The van der Waals surface area contributed by atoms with E-state index in [-0.39, 0.29) is 17.9 Å². The molecule has 5 heteroatoms. The zero-order valence-corrected chi connectivity index (χ0v) is 9.87. The molecule has 2 fully saturated rings. The van der Waals surface area contributed by atoms with E-state index in [1.54, 1.807) is 0 Å². The fourth-order valence-corrected chi connectivity index (χ4v) is 2.34. The van der Waals surface area contributed by atoms with Gasteiger partial charge >= 0.3 is 0 Å². The zero-order valence-electron chi connectivity index (χ0n) is 9.87. The monoisotopic (exact) mass is 227 g/mol. The van der Waals surface area contributed by atoms with Crippen molar-refractivity contribution >= 4 is 5.91 Å². The van der Waals surface area contributed by atoms with Gasteiger partial charge in [-0.05, 0) is 19.9 Å². The molecule has 16 heavy (non-hydrogen) atoms. The summed E-state index contributed by atoms with van der Waals surface area (Å²) in [5.41, 5.74) is 3.00. The molecule has 0 aliphatic carbocycles. The highest BCUT2D eigenvalue weighted by atomic mass is 16.5. The van der Waals surface area contributed by atoms with Crippen LogP contribution >= 0.6 is 0 Å². The SMILES string of the molecule is CNC1COCC1C(=O)NN1CCCCC1. The molecule has 2 aliphatic rings. The summed E-state index contributed by atoms with van der Waals surface area (Å²) < 4.78 is 5.33. The molecular weight excluding hydrogens is 206 g/mol. The van der Waals surface area contributed by atoms with Gasteiger partial charge in [-0.2, -0.15) is 0 Å². The first kappa shape index (κ1) is 11.8. The van der Waals surface area contributed by atoms with Crippen LogP contribution in [0.15, 0.2) is 0 Å². The predicted octanol–water partition coefficient (Wildman–Crippen LogP) is -0.262. The van der Waals surface area contributed by atoms with Crippen LogP contribution in [0.25, 0.3) is 0 Å². The first-order valence-electron chi connectivity index (χ1n) is 6.11. The number of nitrogens with one attached hydrogen (secondary N) is 2. The molecule has 0 radical (unpaired) electrons. The highest BCUT2D eigenvalue weighted by Crippen LogP contribution is 2.14. The Hall–Kier alpha value is -0.650. The van der Waals surface area contributed by atoms with Crippen molar-refractivity contribution in [3.05, 3.63) is 0 Å². The third-order valence-corrected chi connectivity index (χ3v) is 3.41. The summed E-state index contributed by atoms with van der Waals surface area (Å²) >= 11 is 0. The van der Waals surface area contributed by atoms with Crippen LogP contribution in [0.4, 0.5) is 0 Å². The average molecular weight is 227 g/mol. The number of nitrogens with zero attached hydrogens (tertiary/aromatic N) is 1. The lowest BCUT2D eigenvalue weighted by atomic mass is 10.0. The Morgan fingerprint density at radius 3 is 2.69 bits per heavy atom. The highest BCUT2D eigenvalue weighted by molar-refractivity contribution is 5.79. The van der Waals surface area contributed by atoms with Gasteiger partial charge in [-0.3, -0.25) is 10.2 Å². The standard InChI is InChI=1S/C11H21N3O2/c1-12-10-8-16-7-9(10)11(15)13-14-5-3-2-4-6-14/h9-10,12H,2-8H2,1H3,(H,13,15). The number of carbonyl (C=O) groups is 1. The molecule has 0 aromatic heterocycles. The maximum absolute atomic E-state index is 12.0.